The Bertz CT molecular complexity index is 899. The number of nitrogens with one attached hydrogen (secondary N) is 2. The molecule has 0 bridgehead atoms. The van der Waals surface area contributed by atoms with Crippen LogP contribution in [0, 0.1) is 0 Å². The highest BCUT2D eigenvalue weighted by Crippen LogP contribution is 2.31. The number of rotatable bonds is 6. The van der Waals surface area contributed by atoms with E-state index in [1.54, 1.807) is 49.6 Å². The summed E-state index contributed by atoms with van der Waals surface area (Å²) in [6.45, 7) is 2.47. The lowest BCUT2D eigenvalue weighted by Crippen LogP contribution is -2.50. The largest absolute Gasteiger partial charge is 0.494 e. The minimum absolute atomic E-state index is 0.00218. The van der Waals surface area contributed by atoms with Gasteiger partial charge in [0.15, 0.2) is 23.2 Å². The van der Waals surface area contributed by atoms with E-state index in [-0.39, 0.29) is 5.84 Å². The molecule has 1 aliphatic rings. The number of anilines is 1. The van der Waals surface area contributed by atoms with Crippen LogP contribution in [0.25, 0.3) is 0 Å². The predicted molar refractivity (Wildman–Crippen MR) is 106 cm³/mol. The van der Waals surface area contributed by atoms with Crippen molar-refractivity contribution in [2.24, 2.45) is 10.7 Å². The van der Waals surface area contributed by atoms with Gasteiger partial charge in [-0.3, -0.25) is 5.73 Å². The van der Waals surface area contributed by atoms with Gasteiger partial charge in [-0.1, -0.05) is 0 Å². The lowest BCUT2D eigenvalue weighted by Gasteiger charge is -2.30. The summed E-state index contributed by atoms with van der Waals surface area (Å²) in [5, 5.41) is 5.74. The van der Waals surface area contributed by atoms with E-state index in [9.17, 15) is 4.39 Å². The van der Waals surface area contributed by atoms with Crippen molar-refractivity contribution < 1.29 is 18.6 Å². The van der Waals surface area contributed by atoms with E-state index < -0.39 is 11.6 Å². The van der Waals surface area contributed by atoms with Crippen LogP contribution in [-0.4, -0.2) is 26.7 Å². The Kier molecular flexibility index (Phi) is 5.70. The average molecular weight is 386 g/mol. The molecule has 8 heteroatoms. The molecule has 7 nitrogen and oxygen atoms in total. The number of hydrogen-bond donors (Lipinski definition) is 3. The van der Waals surface area contributed by atoms with E-state index in [0.29, 0.717) is 29.4 Å². The third kappa shape index (κ3) is 4.01. The van der Waals surface area contributed by atoms with Crippen LogP contribution in [0.4, 0.5) is 10.1 Å². The average Bonchev–Trinajstić information content (AvgIpc) is 2.71. The van der Waals surface area contributed by atoms with Crippen LogP contribution in [0.2, 0.25) is 0 Å². The van der Waals surface area contributed by atoms with Crippen molar-refractivity contribution in [3.63, 3.8) is 0 Å². The van der Waals surface area contributed by atoms with Gasteiger partial charge in [-0.05, 0) is 43.3 Å². The number of aliphatic imine (C=N–C) groups is 1. The van der Waals surface area contributed by atoms with Gasteiger partial charge in [0.1, 0.15) is 5.75 Å². The fraction of sp³-hybridized carbons (Fsp3) is 0.250. The maximum atomic E-state index is 14.4. The van der Waals surface area contributed by atoms with Gasteiger partial charge in [0.05, 0.1) is 20.8 Å². The molecule has 0 amide bonds. The summed E-state index contributed by atoms with van der Waals surface area (Å²) in [7, 11) is 3.07. The summed E-state index contributed by atoms with van der Waals surface area (Å²) in [5.74, 6) is -0.0841. The molecule has 0 aromatic heterocycles. The van der Waals surface area contributed by atoms with Crippen LogP contribution in [0.15, 0.2) is 59.5 Å². The number of nitrogens with zero attached hydrogens (tertiary/aromatic N) is 1. The second-order valence-electron chi connectivity index (χ2n) is 6.02. The zero-order valence-corrected chi connectivity index (χ0v) is 16.0. The van der Waals surface area contributed by atoms with Gasteiger partial charge in [-0.2, -0.15) is 0 Å². The van der Waals surface area contributed by atoms with Crippen molar-refractivity contribution in [2.75, 3.05) is 26.1 Å². The number of hydrogen-bond acceptors (Lipinski definition) is 7. The van der Waals surface area contributed by atoms with Gasteiger partial charge in [0.2, 0.25) is 5.79 Å². The molecule has 1 heterocycles. The molecule has 0 radical (unpaired) electrons. The Balaban J connectivity index is 1.87. The molecule has 0 saturated heterocycles. The van der Waals surface area contributed by atoms with Crippen molar-refractivity contribution >= 4 is 11.5 Å². The van der Waals surface area contributed by atoms with Crippen LogP contribution in [0.3, 0.4) is 0 Å². The summed E-state index contributed by atoms with van der Waals surface area (Å²) < 4.78 is 30.3. The molecule has 0 fully saturated rings. The molecule has 1 atom stereocenters. The quantitative estimate of drug-likeness (QED) is 0.707. The summed E-state index contributed by atoms with van der Waals surface area (Å²) >= 11 is 0. The molecular weight excluding hydrogens is 363 g/mol. The number of methoxy groups -OCH3 is 2. The highest BCUT2D eigenvalue weighted by atomic mass is 19.1. The SMILES string of the molecule is CCOc1ccc(C2(N)N=C(Nc3ccc(OC)c(OC)c3)C(F)=CN2)cc1. The highest BCUT2D eigenvalue weighted by molar-refractivity contribution is 6.07. The van der Waals surface area contributed by atoms with E-state index >= 15 is 0 Å². The van der Waals surface area contributed by atoms with Gasteiger partial charge < -0.3 is 24.8 Å². The first-order valence-corrected chi connectivity index (χ1v) is 8.74. The second-order valence-corrected chi connectivity index (χ2v) is 6.02. The topological polar surface area (TPSA) is 90.1 Å². The molecule has 4 N–H and O–H groups in total. The van der Waals surface area contributed by atoms with Gasteiger partial charge in [0, 0.05) is 23.5 Å². The first-order chi connectivity index (χ1) is 13.5. The molecule has 28 heavy (non-hydrogen) atoms. The lowest BCUT2D eigenvalue weighted by atomic mass is 10.1. The molecule has 3 rings (SSSR count). The van der Waals surface area contributed by atoms with Crippen molar-refractivity contribution in [1.29, 1.82) is 0 Å². The molecule has 0 saturated carbocycles. The molecule has 1 aliphatic heterocycles. The summed E-state index contributed by atoms with van der Waals surface area (Å²) in [4.78, 5) is 4.35. The molecule has 2 aromatic carbocycles. The highest BCUT2D eigenvalue weighted by Gasteiger charge is 2.31. The third-order valence-corrected chi connectivity index (χ3v) is 4.19. The molecular formula is C20H23FN4O3. The minimum atomic E-state index is -1.32. The summed E-state index contributed by atoms with van der Waals surface area (Å²) in [6, 6.07) is 12.3. The summed E-state index contributed by atoms with van der Waals surface area (Å²) in [5.41, 5.74) is 7.62. The smallest absolute Gasteiger partial charge is 0.211 e. The molecule has 2 aromatic rings. The predicted octanol–water partition coefficient (Wildman–Crippen LogP) is 3.10. The van der Waals surface area contributed by atoms with E-state index in [4.69, 9.17) is 19.9 Å². The van der Waals surface area contributed by atoms with Crippen molar-refractivity contribution in [3.8, 4) is 17.2 Å². The first-order valence-electron chi connectivity index (χ1n) is 8.74. The Morgan fingerprint density at radius 1 is 1.11 bits per heavy atom. The van der Waals surface area contributed by atoms with Crippen LogP contribution in [0.5, 0.6) is 17.2 Å². The van der Waals surface area contributed by atoms with Crippen molar-refractivity contribution in [2.45, 2.75) is 12.7 Å². The zero-order valence-electron chi connectivity index (χ0n) is 16.0. The fourth-order valence-electron chi connectivity index (χ4n) is 2.76. The van der Waals surface area contributed by atoms with Gasteiger partial charge in [-0.25, -0.2) is 9.38 Å². The van der Waals surface area contributed by atoms with E-state index in [2.05, 4.69) is 15.6 Å². The number of ether oxygens (including phenoxy) is 3. The molecule has 0 spiro atoms. The molecule has 1 unspecified atom stereocenters. The Morgan fingerprint density at radius 3 is 2.46 bits per heavy atom. The van der Waals surface area contributed by atoms with Gasteiger partial charge in [0.25, 0.3) is 0 Å². The van der Waals surface area contributed by atoms with Crippen LogP contribution >= 0.6 is 0 Å². The first kappa shape index (κ1) is 19.5. The monoisotopic (exact) mass is 386 g/mol. The van der Waals surface area contributed by atoms with Crippen LogP contribution in [0.1, 0.15) is 12.5 Å². The van der Waals surface area contributed by atoms with E-state index in [0.717, 1.165) is 5.75 Å². The Morgan fingerprint density at radius 2 is 1.82 bits per heavy atom. The normalized spacial score (nSPS) is 18.5. The molecule has 0 aliphatic carbocycles. The Hall–Kier alpha value is -3.26. The maximum Gasteiger partial charge on any atom is 0.211 e. The standard InChI is InChI=1S/C20H23FN4O3/c1-4-28-15-8-5-13(6-9-15)20(22)23-12-16(21)19(25-20)24-14-7-10-17(26-2)18(11-14)27-3/h5-12,23H,4,22H2,1-3H3,(H,24,25). The van der Waals surface area contributed by atoms with Crippen LogP contribution in [-0.2, 0) is 5.79 Å². The number of halogens is 1. The van der Waals surface area contributed by atoms with Crippen molar-refractivity contribution in [1.82, 2.24) is 5.32 Å². The fourth-order valence-corrected chi connectivity index (χ4v) is 2.76. The number of nitrogens with two attached hydrogens (primary N) is 1. The van der Waals surface area contributed by atoms with E-state index in [1.807, 2.05) is 6.92 Å². The maximum absolute atomic E-state index is 14.4. The summed E-state index contributed by atoms with van der Waals surface area (Å²) in [6.07, 6.45) is 1.19. The zero-order chi connectivity index (χ0) is 20.1. The van der Waals surface area contributed by atoms with Gasteiger partial charge in [-0.15, -0.1) is 0 Å². The van der Waals surface area contributed by atoms with Crippen LogP contribution < -0.4 is 30.6 Å². The Labute approximate surface area is 163 Å². The van der Waals surface area contributed by atoms with Crippen molar-refractivity contribution in [3.05, 3.63) is 60.1 Å². The third-order valence-electron chi connectivity index (χ3n) is 4.19. The number of amidine groups is 1. The second kappa shape index (κ2) is 8.18. The van der Waals surface area contributed by atoms with Gasteiger partial charge >= 0.3 is 0 Å². The lowest BCUT2D eigenvalue weighted by molar-refractivity contribution is 0.339. The van der Waals surface area contributed by atoms with E-state index in [1.165, 1.54) is 13.3 Å². The molecule has 148 valence electrons. The minimum Gasteiger partial charge on any atom is -0.494 e. The number of benzene rings is 2.